The van der Waals surface area contributed by atoms with Crippen molar-refractivity contribution in [3.05, 3.63) is 52.4 Å². The van der Waals surface area contributed by atoms with Crippen LogP contribution in [0.1, 0.15) is 21.5 Å². The van der Waals surface area contributed by atoms with Crippen LogP contribution in [0.15, 0.2) is 45.5 Å². The maximum Gasteiger partial charge on any atom is 0.290 e. The van der Waals surface area contributed by atoms with E-state index in [1.807, 2.05) is 29.2 Å². The molecule has 110 valence electrons. The van der Waals surface area contributed by atoms with Gasteiger partial charge in [0.2, 0.25) is 0 Å². The smallest absolute Gasteiger partial charge is 0.290 e. The van der Waals surface area contributed by atoms with Crippen LogP contribution in [0.3, 0.4) is 0 Å². The van der Waals surface area contributed by atoms with E-state index in [1.165, 1.54) is 0 Å². The summed E-state index contributed by atoms with van der Waals surface area (Å²) in [6.45, 7) is 0.712. The molecular formula is C15H14BrNO3S. The predicted molar refractivity (Wildman–Crippen MR) is 85.6 cm³/mol. The summed E-state index contributed by atoms with van der Waals surface area (Å²) in [6, 6.07) is 11.3. The molecule has 2 heterocycles. The fraction of sp³-hybridized carbons (Fsp3) is 0.267. The summed E-state index contributed by atoms with van der Waals surface area (Å²) in [5, 5.41) is -0.00326. The summed E-state index contributed by atoms with van der Waals surface area (Å²) < 4.78 is 11.2. The van der Waals surface area contributed by atoms with Crippen molar-refractivity contribution in [2.24, 2.45) is 0 Å². The van der Waals surface area contributed by atoms with E-state index in [2.05, 4.69) is 15.9 Å². The van der Waals surface area contributed by atoms with Crippen molar-refractivity contribution in [2.45, 2.75) is 5.37 Å². The van der Waals surface area contributed by atoms with Crippen molar-refractivity contribution < 1.29 is 13.9 Å². The Morgan fingerprint density at radius 2 is 2.29 bits per heavy atom. The molecule has 2 aromatic rings. The quantitative estimate of drug-likeness (QED) is 0.823. The molecule has 1 aromatic heterocycles. The highest BCUT2D eigenvalue weighted by Gasteiger charge is 2.32. The van der Waals surface area contributed by atoms with E-state index in [0.717, 1.165) is 17.1 Å². The van der Waals surface area contributed by atoms with Gasteiger partial charge in [0, 0.05) is 12.3 Å². The van der Waals surface area contributed by atoms with Gasteiger partial charge in [0.15, 0.2) is 10.4 Å². The van der Waals surface area contributed by atoms with Crippen molar-refractivity contribution in [2.75, 3.05) is 19.4 Å². The molecule has 1 saturated heterocycles. The van der Waals surface area contributed by atoms with Crippen LogP contribution < -0.4 is 4.74 Å². The van der Waals surface area contributed by atoms with Gasteiger partial charge in [-0.05, 0) is 45.8 Å². The fourth-order valence-electron chi connectivity index (χ4n) is 2.32. The number of halogens is 1. The van der Waals surface area contributed by atoms with Crippen LogP contribution >= 0.6 is 27.7 Å². The van der Waals surface area contributed by atoms with Gasteiger partial charge >= 0.3 is 0 Å². The fourth-order valence-corrected chi connectivity index (χ4v) is 3.87. The summed E-state index contributed by atoms with van der Waals surface area (Å²) in [4.78, 5) is 14.4. The highest BCUT2D eigenvalue weighted by Crippen LogP contribution is 2.39. The first-order valence-electron chi connectivity index (χ1n) is 6.51. The average molecular weight is 368 g/mol. The number of amides is 1. The van der Waals surface area contributed by atoms with Crippen LogP contribution in [0.4, 0.5) is 0 Å². The first-order valence-corrected chi connectivity index (χ1v) is 8.35. The van der Waals surface area contributed by atoms with Gasteiger partial charge in [-0.2, -0.15) is 0 Å². The molecule has 0 aliphatic carbocycles. The number of ether oxygens (including phenoxy) is 1. The summed E-state index contributed by atoms with van der Waals surface area (Å²) in [5.74, 6) is 1.99. The normalized spacial score (nSPS) is 18.0. The van der Waals surface area contributed by atoms with Gasteiger partial charge in [-0.15, -0.1) is 11.8 Å². The number of carbonyl (C=O) groups is 1. The number of rotatable bonds is 3. The molecule has 0 radical (unpaired) electrons. The Hall–Kier alpha value is -1.40. The molecule has 0 bridgehead atoms. The third-order valence-corrected chi connectivity index (χ3v) is 5.00. The molecule has 0 spiro atoms. The number of carbonyl (C=O) groups excluding carboxylic acids is 1. The van der Waals surface area contributed by atoms with Gasteiger partial charge in [-0.25, -0.2) is 0 Å². The molecule has 1 aliphatic heterocycles. The number of hydrogen-bond acceptors (Lipinski definition) is 4. The maximum atomic E-state index is 12.6. The molecule has 1 aromatic carbocycles. The zero-order valence-corrected chi connectivity index (χ0v) is 13.8. The first-order chi connectivity index (χ1) is 10.2. The number of hydrogen-bond donors (Lipinski definition) is 0. The van der Waals surface area contributed by atoms with Crippen LogP contribution in [0, 0.1) is 0 Å². The average Bonchev–Trinajstić information content (AvgIpc) is 3.15. The van der Waals surface area contributed by atoms with Crippen LogP contribution in [-0.2, 0) is 0 Å². The molecule has 3 rings (SSSR count). The second-order valence-corrected chi connectivity index (χ2v) is 6.57. The molecule has 21 heavy (non-hydrogen) atoms. The van der Waals surface area contributed by atoms with Gasteiger partial charge in [0.05, 0.1) is 7.11 Å². The van der Waals surface area contributed by atoms with E-state index in [-0.39, 0.29) is 11.3 Å². The number of benzene rings is 1. The Kier molecular flexibility index (Phi) is 4.26. The molecule has 1 atom stereocenters. The third-order valence-electron chi connectivity index (χ3n) is 3.31. The van der Waals surface area contributed by atoms with Crippen LogP contribution in [-0.4, -0.2) is 30.2 Å². The molecule has 0 N–H and O–H groups in total. The van der Waals surface area contributed by atoms with E-state index in [1.54, 1.807) is 31.0 Å². The Morgan fingerprint density at radius 1 is 1.43 bits per heavy atom. The van der Waals surface area contributed by atoms with Crippen molar-refractivity contribution >= 4 is 33.6 Å². The number of furan rings is 1. The van der Waals surface area contributed by atoms with Gasteiger partial charge in [-0.3, -0.25) is 4.79 Å². The van der Waals surface area contributed by atoms with Crippen molar-refractivity contribution in [1.29, 1.82) is 0 Å². The Balaban J connectivity index is 1.86. The van der Waals surface area contributed by atoms with Crippen LogP contribution in [0.25, 0.3) is 0 Å². The minimum absolute atomic E-state index is 0.00326. The lowest BCUT2D eigenvalue weighted by Crippen LogP contribution is -2.30. The SMILES string of the molecule is COc1cccc([C@@H]2SCCN2C(=O)c2ccc(Br)o2)c1. The second kappa shape index (κ2) is 6.15. The Labute approximate surface area is 135 Å². The number of thioether (sulfide) groups is 1. The molecule has 1 amide bonds. The minimum atomic E-state index is -0.0847. The molecule has 1 aliphatic rings. The zero-order valence-electron chi connectivity index (χ0n) is 11.4. The van der Waals surface area contributed by atoms with Crippen molar-refractivity contribution in [3.63, 3.8) is 0 Å². The summed E-state index contributed by atoms with van der Waals surface area (Å²) in [6.07, 6.45) is 0. The lowest BCUT2D eigenvalue weighted by molar-refractivity contribution is 0.0726. The van der Waals surface area contributed by atoms with Crippen LogP contribution in [0.5, 0.6) is 5.75 Å². The molecular weight excluding hydrogens is 354 g/mol. The predicted octanol–water partition coefficient (Wildman–Crippen LogP) is 3.94. The highest BCUT2D eigenvalue weighted by atomic mass is 79.9. The number of nitrogens with zero attached hydrogens (tertiary/aromatic N) is 1. The van der Waals surface area contributed by atoms with Gasteiger partial charge < -0.3 is 14.1 Å². The van der Waals surface area contributed by atoms with E-state index in [0.29, 0.717) is 17.0 Å². The van der Waals surface area contributed by atoms with Crippen molar-refractivity contribution in [3.8, 4) is 5.75 Å². The van der Waals surface area contributed by atoms with E-state index in [9.17, 15) is 4.79 Å². The maximum absolute atomic E-state index is 12.6. The lowest BCUT2D eigenvalue weighted by Gasteiger charge is -2.23. The van der Waals surface area contributed by atoms with Gasteiger partial charge in [-0.1, -0.05) is 12.1 Å². The van der Waals surface area contributed by atoms with Gasteiger partial charge in [0.1, 0.15) is 11.1 Å². The standard InChI is InChI=1S/C15H14BrNO3S/c1-19-11-4-2-3-10(9-11)15-17(7-8-21-15)14(18)12-5-6-13(16)20-12/h2-6,9,15H,7-8H2,1H3/t15-/m0/s1. The third kappa shape index (κ3) is 2.96. The molecule has 1 fully saturated rings. The minimum Gasteiger partial charge on any atom is -0.497 e. The number of methoxy groups -OCH3 is 1. The van der Waals surface area contributed by atoms with Gasteiger partial charge in [0.25, 0.3) is 5.91 Å². The van der Waals surface area contributed by atoms with E-state index >= 15 is 0 Å². The van der Waals surface area contributed by atoms with E-state index < -0.39 is 0 Å². The Bertz CT molecular complexity index is 658. The lowest BCUT2D eigenvalue weighted by atomic mass is 10.2. The topological polar surface area (TPSA) is 42.7 Å². The summed E-state index contributed by atoms with van der Waals surface area (Å²) in [7, 11) is 1.64. The van der Waals surface area contributed by atoms with Crippen LogP contribution in [0.2, 0.25) is 0 Å². The highest BCUT2D eigenvalue weighted by molar-refractivity contribution is 9.10. The van der Waals surface area contributed by atoms with Crippen molar-refractivity contribution in [1.82, 2.24) is 4.90 Å². The molecule has 0 unspecified atom stereocenters. The molecule has 6 heteroatoms. The summed E-state index contributed by atoms with van der Waals surface area (Å²) in [5.41, 5.74) is 1.07. The monoisotopic (exact) mass is 367 g/mol. The molecule has 4 nitrogen and oxygen atoms in total. The molecule has 0 saturated carbocycles. The summed E-state index contributed by atoms with van der Waals surface area (Å²) >= 11 is 4.98. The first kappa shape index (κ1) is 14.5. The Morgan fingerprint density at radius 3 is 3.00 bits per heavy atom. The zero-order chi connectivity index (χ0) is 14.8. The largest absolute Gasteiger partial charge is 0.497 e. The second-order valence-electron chi connectivity index (χ2n) is 4.60. The van der Waals surface area contributed by atoms with E-state index in [4.69, 9.17) is 9.15 Å².